The second-order valence-corrected chi connectivity index (χ2v) is 4.71. The lowest BCUT2D eigenvalue weighted by atomic mass is 10.1. The average molecular weight is 298 g/mol. The first-order chi connectivity index (χ1) is 10.1. The molecule has 21 heavy (non-hydrogen) atoms. The molecule has 1 aliphatic heterocycles. The van der Waals surface area contributed by atoms with E-state index < -0.39 is 37.0 Å². The molecule has 7 heteroatoms. The van der Waals surface area contributed by atoms with Crippen molar-refractivity contribution in [1.29, 1.82) is 0 Å². The molecule has 7 nitrogen and oxygen atoms in total. The van der Waals surface area contributed by atoms with Gasteiger partial charge in [-0.1, -0.05) is 0 Å². The molecule has 0 bridgehead atoms. The van der Waals surface area contributed by atoms with Gasteiger partial charge in [0, 0.05) is 0 Å². The lowest BCUT2D eigenvalue weighted by molar-refractivity contribution is -0.0696. The zero-order chi connectivity index (χ0) is 15.4. The molecule has 4 atom stereocenters. The Bertz CT molecular complexity index is 473. The van der Waals surface area contributed by atoms with E-state index in [0.717, 1.165) is 0 Å². The fourth-order valence-corrected chi connectivity index (χ4v) is 2.09. The van der Waals surface area contributed by atoms with Gasteiger partial charge in [-0.15, -0.1) is 0 Å². The maximum atomic E-state index is 12.0. The summed E-state index contributed by atoms with van der Waals surface area (Å²) in [7, 11) is 1.52. The maximum absolute atomic E-state index is 12.0. The quantitative estimate of drug-likeness (QED) is 0.619. The normalized spacial score (nSPS) is 26.4. The van der Waals surface area contributed by atoms with Crippen molar-refractivity contribution in [1.82, 2.24) is 0 Å². The van der Waals surface area contributed by atoms with Crippen molar-refractivity contribution in [2.24, 2.45) is 0 Å². The summed E-state index contributed by atoms with van der Waals surface area (Å²) in [5.74, 6) is 0.00589. The summed E-state index contributed by atoms with van der Waals surface area (Å²) in [5, 5.41) is 28.2. The zero-order valence-corrected chi connectivity index (χ0v) is 11.5. The Morgan fingerprint density at radius 1 is 1.43 bits per heavy atom. The molecular formula is C14H18O7. The van der Waals surface area contributed by atoms with E-state index in [1.807, 2.05) is 0 Å². The molecule has 0 unspecified atom stereocenters. The van der Waals surface area contributed by atoms with Crippen LogP contribution in [0.5, 0.6) is 5.75 Å². The molecule has 0 saturated carbocycles. The number of methoxy groups -OCH3 is 1. The number of hydrogen-bond acceptors (Lipinski definition) is 7. The Morgan fingerprint density at radius 3 is 2.67 bits per heavy atom. The van der Waals surface area contributed by atoms with E-state index in [2.05, 4.69) is 0 Å². The minimum absolute atomic E-state index is 0.0369. The number of benzene rings is 1. The van der Waals surface area contributed by atoms with Crippen LogP contribution in [0.4, 0.5) is 0 Å². The summed E-state index contributed by atoms with van der Waals surface area (Å²) in [4.78, 5) is 12.0. The summed E-state index contributed by atoms with van der Waals surface area (Å²) in [6, 6.07) is 6.33. The molecule has 1 heterocycles. The van der Waals surface area contributed by atoms with Crippen molar-refractivity contribution in [3.8, 4) is 5.75 Å². The Morgan fingerprint density at radius 2 is 2.10 bits per heavy atom. The molecule has 116 valence electrons. The molecule has 0 aromatic heterocycles. The van der Waals surface area contributed by atoms with E-state index in [-0.39, 0.29) is 6.61 Å². The minimum Gasteiger partial charge on any atom is -0.497 e. The van der Waals surface area contributed by atoms with Crippen LogP contribution in [0.15, 0.2) is 24.3 Å². The number of ether oxygens (including phenoxy) is 3. The van der Waals surface area contributed by atoms with Crippen LogP contribution in [0, 0.1) is 0 Å². The molecule has 0 aliphatic carbocycles. The zero-order valence-electron chi connectivity index (χ0n) is 11.5. The van der Waals surface area contributed by atoms with Crippen molar-refractivity contribution in [3.05, 3.63) is 29.8 Å². The largest absolute Gasteiger partial charge is 0.497 e. The summed E-state index contributed by atoms with van der Waals surface area (Å²) in [6.07, 6.45) is -4.26. The van der Waals surface area contributed by atoms with Crippen LogP contribution < -0.4 is 4.74 Å². The van der Waals surface area contributed by atoms with Gasteiger partial charge in [-0.25, -0.2) is 4.79 Å². The summed E-state index contributed by atoms with van der Waals surface area (Å²) >= 11 is 0. The summed E-state index contributed by atoms with van der Waals surface area (Å²) in [5.41, 5.74) is 0.314. The van der Waals surface area contributed by atoms with E-state index in [1.165, 1.54) is 7.11 Å². The van der Waals surface area contributed by atoms with Gasteiger partial charge < -0.3 is 29.5 Å². The Labute approximate surface area is 121 Å². The summed E-state index contributed by atoms with van der Waals surface area (Å²) < 4.78 is 15.3. The van der Waals surface area contributed by atoms with Crippen molar-refractivity contribution < 1.29 is 34.3 Å². The van der Waals surface area contributed by atoms with Crippen LogP contribution in [-0.2, 0) is 9.47 Å². The van der Waals surface area contributed by atoms with Gasteiger partial charge in [0.15, 0.2) is 6.10 Å². The molecule has 1 aromatic carbocycles. The first-order valence-electron chi connectivity index (χ1n) is 6.50. The predicted molar refractivity (Wildman–Crippen MR) is 71.0 cm³/mol. The fourth-order valence-electron chi connectivity index (χ4n) is 2.09. The average Bonchev–Trinajstić information content (AvgIpc) is 2.87. The molecular weight excluding hydrogens is 280 g/mol. The second-order valence-electron chi connectivity index (χ2n) is 4.71. The van der Waals surface area contributed by atoms with Gasteiger partial charge in [-0.05, 0) is 24.3 Å². The van der Waals surface area contributed by atoms with Gasteiger partial charge in [0.25, 0.3) is 0 Å². The smallest absolute Gasteiger partial charge is 0.338 e. The number of carbonyl (C=O) groups is 1. The van der Waals surface area contributed by atoms with Crippen molar-refractivity contribution >= 4 is 5.97 Å². The van der Waals surface area contributed by atoms with Crippen LogP contribution in [0.3, 0.4) is 0 Å². The van der Waals surface area contributed by atoms with Gasteiger partial charge in [-0.2, -0.15) is 0 Å². The minimum atomic E-state index is -1.22. The third kappa shape index (κ3) is 3.51. The highest BCUT2D eigenvalue weighted by molar-refractivity contribution is 5.89. The molecule has 1 fully saturated rings. The number of aliphatic hydroxyl groups excluding tert-OH is 3. The fraction of sp³-hybridized carbons (Fsp3) is 0.500. The van der Waals surface area contributed by atoms with Gasteiger partial charge in [-0.3, -0.25) is 0 Å². The third-order valence-electron chi connectivity index (χ3n) is 3.32. The maximum Gasteiger partial charge on any atom is 0.338 e. The molecule has 2 rings (SSSR count). The molecule has 1 aromatic rings. The van der Waals surface area contributed by atoms with Gasteiger partial charge >= 0.3 is 5.97 Å². The second kappa shape index (κ2) is 6.86. The molecule has 1 saturated heterocycles. The highest BCUT2D eigenvalue weighted by atomic mass is 16.6. The van der Waals surface area contributed by atoms with E-state index in [1.54, 1.807) is 24.3 Å². The van der Waals surface area contributed by atoms with Crippen LogP contribution in [0.1, 0.15) is 10.4 Å². The summed E-state index contributed by atoms with van der Waals surface area (Å²) in [6.45, 7) is -0.578. The van der Waals surface area contributed by atoms with Crippen molar-refractivity contribution in [3.63, 3.8) is 0 Å². The molecule has 3 N–H and O–H groups in total. The highest BCUT2D eigenvalue weighted by Gasteiger charge is 2.42. The first kappa shape index (κ1) is 15.7. The number of aliphatic hydroxyl groups is 3. The molecule has 1 aliphatic rings. The first-order valence-corrected chi connectivity index (χ1v) is 6.50. The lowest BCUT2D eigenvalue weighted by Crippen LogP contribution is -2.41. The van der Waals surface area contributed by atoms with Crippen LogP contribution >= 0.6 is 0 Å². The van der Waals surface area contributed by atoms with Crippen LogP contribution in [0.25, 0.3) is 0 Å². The molecule has 0 spiro atoms. The van der Waals surface area contributed by atoms with Crippen LogP contribution in [-0.4, -0.2) is 66.0 Å². The number of rotatable bonds is 5. The standard InChI is InChI=1S/C14H18O7/c1-19-9-4-2-8(3-5-9)14(18)21-11-7-20-13(12(11)17)10(16)6-15/h2-5,10-13,15-17H,6-7H2,1H3/t10-,11+,12-,13-/m1/s1. The van der Waals surface area contributed by atoms with Gasteiger partial charge in [0.2, 0.25) is 0 Å². The van der Waals surface area contributed by atoms with Gasteiger partial charge in [0.1, 0.15) is 24.1 Å². The Hall–Kier alpha value is -1.67. The number of carbonyl (C=O) groups excluding carboxylic acids is 1. The van der Waals surface area contributed by atoms with Gasteiger partial charge in [0.05, 0.1) is 25.9 Å². The SMILES string of the molecule is COc1ccc(C(=O)O[C@H]2CO[C@H]([C@H](O)CO)[C@@H]2O)cc1. The monoisotopic (exact) mass is 298 g/mol. The van der Waals surface area contributed by atoms with E-state index >= 15 is 0 Å². The Balaban J connectivity index is 1.96. The molecule has 0 radical (unpaired) electrons. The number of esters is 1. The highest BCUT2D eigenvalue weighted by Crippen LogP contribution is 2.21. The number of hydrogen-bond donors (Lipinski definition) is 3. The Kier molecular flexibility index (Phi) is 5.13. The van der Waals surface area contributed by atoms with Crippen molar-refractivity contribution in [2.45, 2.75) is 24.4 Å². The lowest BCUT2D eigenvalue weighted by Gasteiger charge is -2.20. The van der Waals surface area contributed by atoms with E-state index in [9.17, 15) is 15.0 Å². The predicted octanol–water partition coefficient (Wildman–Crippen LogP) is -0.667. The topological polar surface area (TPSA) is 105 Å². The van der Waals surface area contributed by atoms with Crippen LogP contribution in [0.2, 0.25) is 0 Å². The molecule has 0 amide bonds. The third-order valence-corrected chi connectivity index (χ3v) is 3.32. The van der Waals surface area contributed by atoms with E-state index in [0.29, 0.717) is 11.3 Å². The van der Waals surface area contributed by atoms with Crippen molar-refractivity contribution in [2.75, 3.05) is 20.3 Å². The van der Waals surface area contributed by atoms with E-state index in [4.69, 9.17) is 19.3 Å².